The van der Waals surface area contributed by atoms with E-state index in [1.54, 1.807) is 7.11 Å². The number of hydrogen-bond acceptors (Lipinski definition) is 5. The Balaban J connectivity index is 1.50. The first-order valence-electron chi connectivity index (χ1n) is 12.7. The molecule has 3 aromatic carbocycles. The van der Waals surface area contributed by atoms with Crippen LogP contribution in [0.2, 0.25) is 0 Å². The molecule has 2 fully saturated rings. The molecule has 37 heavy (non-hydrogen) atoms. The second-order valence-corrected chi connectivity index (χ2v) is 10.4. The van der Waals surface area contributed by atoms with E-state index in [9.17, 15) is 9.59 Å². The van der Waals surface area contributed by atoms with Crippen LogP contribution in [0.25, 0.3) is 5.57 Å². The highest BCUT2D eigenvalue weighted by Gasteiger charge is 2.78. The second-order valence-electron chi connectivity index (χ2n) is 10.4. The zero-order chi connectivity index (χ0) is 25.9. The maximum atomic E-state index is 14.0. The molecule has 0 N–H and O–H groups in total. The summed E-state index contributed by atoms with van der Waals surface area (Å²) in [6, 6.07) is 23.7. The number of methoxy groups -OCH3 is 2. The highest BCUT2D eigenvalue weighted by molar-refractivity contribution is 6.22. The van der Waals surface area contributed by atoms with Crippen molar-refractivity contribution in [3.8, 4) is 5.75 Å². The molecular formula is C32H30O5. The molecule has 188 valence electrons. The van der Waals surface area contributed by atoms with Crippen LogP contribution < -0.4 is 4.74 Å². The molecule has 1 saturated heterocycles. The van der Waals surface area contributed by atoms with Gasteiger partial charge < -0.3 is 14.2 Å². The summed E-state index contributed by atoms with van der Waals surface area (Å²) in [4.78, 5) is 27.9. The van der Waals surface area contributed by atoms with Crippen LogP contribution >= 0.6 is 0 Å². The monoisotopic (exact) mass is 494 g/mol. The Hall–Kier alpha value is -3.70. The van der Waals surface area contributed by atoms with Crippen molar-refractivity contribution in [1.82, 2.24) is 0 Å². The highest BCUT2D eigenvalue weighted by atomic mass is 16.5. The van der Waals surface area contributed by atoms with E-state index in [1.165, 1.54) is 7.11 Å². The van der Waals surface area contributed by atoms with Gasteiger partial charge in [0.15, 0.2) is 5.78 Å². The predicted octanol–water partition coefficient (Wildman–Crippen LogP) is 5.80. The van der Waals surface area contributed by atoms with Gasteiger partial charge in [-0.2, -0.15) is 0 Å². The molecule has 0 aromatic heterocycles. The number of allylic oxidation sites excluding steroid dienone is 1. The van der Waals surface area contributed by atoms with Crippen LogP contribution in [-0.4, -0.2) is 26.0 Å². The van der Waals surface area contributed by atoms with Gasteiger partial charge >= 0.3 is 5.97 Å². The Morgan fingerprint density at radius 3 is 2.46 bits per heavy atom. The molecule has 0 spiro atoms. The Kier molecular flexibility index (Phi) is 5.39. The lowest BCUT2D eigenvalue weighted by Crippen LogP contribution is -2.52. The van der Waals surface area contributed by atoms with E-state index in [0.29, 0.717) is 29.7 Å². The van der Waals surface area contributed by atoms with Crippen LogP contribution in [-0.2, 0) is 24.7 Å². The number of rotatable bonds is 6. The number of ether oxygens (including phenoxy) is 3. The molecule has 1 aliphatic carbocycles. The van der Waals surface area contributed by atoms with Gasteiger partial charge in [-0.1, -0.05) is 78.9 Å². The molecule has 3 aromatic rings. The smallest absolute Gasteiger partial charge is 0.315 e. The van der Waals surface area contributed by atoms with E-state index < -0.39 is 16.9 Å². The van der Waals surface area contributed by atoms with Crippen LogP contribution in [0.4, 0.5) is 0 Å². The number of para-hydroxylation sites is 1. The van der Waals surface area contributed by atoms with Crippen LogP contribution in [0.1, 0.15) is 46.8 Å². The third-order valence-electron chi connectivity index (χ3n) is 8.76. The van der Waals surface area contributed by atoms with Gasteiger partial charge in [0.25, 0.3) is 0 Å². The first-order chi connectivity index (χ1) is 17.9. The van der Waals surface area contributed by atoms with Crippen molar-refractivity contribution in [2.75, 3.05) is 14.2 Å². The molecule has 0 radical (unpaired) electrons. The Bertz CT molecular complexity index is 1430. The van der Waals surface area contributed by atoms with E-state index in [-0.39, 0.29) is 23.8 Å². The molecule has 5 heteroatoms. The van der Waals surface area contributed by atoms with Gasteiger partial charge in [-0.05, 0) is 42.5 Å². The minimum absolute atomic E-state index is 0.0648. The topological polar surface area (TPSA) is 61.8 Å². The molecule has 3 aliphatic rings. The summed E-state index contributed by atoms with van der Waals surface area (Å²) in [5.74, 6) is -0.380. The summed E-state index contributed by atoms with van der Waals surface area (Å²) in [5.41, 5.74) is 3.12. The summed E-state index contributed by atoms with van der Waals surface area (Å²) in [7, 11) is 3.01. The zero-order valence-corrected chi connectivity index (χ0v) is 21.3. The number of carbonyl (C=O) groups is 2. The van der Waals surface area contributed by atoms with E-state index in [0.717, 1.165) is 22.3 Å². The van der Waals surface area contributed by atoms with Gasteiger partial charge in [0.2, 0.25) is 0 Å². The third kappa shape index (κ3) is 3.01. The summed E-state index contributed by atoms with van der Waals surface area (Å²) < 4.78 is 17.9. The quantitative estimate of drug-likeness (QED) is 0.320. The molecule has 5 nitrogen and oxygen atoms in total. The molecule has 2 heterocycles. The van der Waals surface area contributed by atoms with Crippen molar-refractivity contribution in [3.05, 3.63) is 107 Å². The van der Waals surface area contributed by atoms with E-state index in [1.807, 2.05) is 61.5 Å². The number of benzene rings is 3. The normalized spacial score (nSPS) is 28.9. The minimum atomic E-state index is -1.03. The van der Waals surface area contributed by atoms with E-state index in [2.05, 4.69) is 24.8 Å². The maximum absolute atomic E-state index is 14.0. The van der Waals surface area contributed by atoms with E-state index in [4.69, 9.17) is 14.2 Å². The summed E-state index contributed by atoms with van der Waals surface area (Å²) >= 11 is 0. The number of Topliss-reactive ketones (excluding diaryl/α,β-unsaturated/α-hetero) is 1. The lowest BCUT2D eigenvalue weighted by atomic mass is 9.56. The van der Waals surface area contributed by atoms with Gasteiger partial charge in [0.05, 0.1) is 20.3 Å². The first-order valence-corrected chi connectivity index (χ1v) is 12.7. The predicted molar refractivity (Wildman–Crippen MR) is 140 cm³/mol. The molecule has 2 aliphatic heterocycles. The molecule has 2 unspecified atom stereocenters. The maximum Gasteiger partial charge on any atom is 0.315 e. The molecule has 6 rings (SSSR count). The fourth-order valence-corrected chi connectivity index (χ4v) is 7.29. The summed E-state index contributed by atoms with van der Waals surface area (Å²) in [6.45, 7) is 6.21. The summed E-state index contributed by atoms with van der Waals surface area (Å²) in [5, 5.41) is 0. The van der Waals surface area contributed by atoms with Gasteiger partial charge in [-0.15, -0.1) is 0 Å². The van der Waals surface area contributed by atoms with E-state index >= 15 is 0 Å². The number of hydrogen-bond donors (Lipinski definition) is 0. The van der Waals surface area contributed by atoms with Crippen molar-refractivity contribution >= 4 is 17.3 Å². The largest absolute Gasteiger partial charge is 0.496 e. The van der Waals surface area contributed by atoms with Gasteiger partial charge in [0.1, 0.15) is 16.8 Å². The fraction of sp³-hybridized carbons (Fsp3) is 0.312. The third-order valence-corrected chi connectivity index (χ3v) is 8.76. The van der Waals surface area contributed by atoms with Gasteiger partial charge in [-0.25, -0.2) is 0 Å². The van der Waals surface area contributed by atoms with Crippen molar-refractivity contribution < 1.29 is 23.8 Å². The summed E-state index contributed by atoms with van der Waals surface area (Å²) in [6.07, 6.45) is 0.553. The van der Waals surface area contributed by atoms with Crippen LogP contribution in [0.5, 0.6) is 5.75 Å². The average Bonchev–Trinajstić information content (AvgIpc) is 3.58. The number of aryl methyl sites for hydroxylation is 1. The minimum Gasteiger partial charge on any atom is -0.496 e. The lowest BCUT2D eigenvalue weighted by molar-refractivity contribution is -0.164. The fourth-order valence-electron chi connectivity index (χ4n) is 7.29. The number of carbonyl (C=O) groups excluding carboxylic acids is 2. The number of ketones is 1. The molecule has 2 bridgehead atoms. The first kappa shape index (κ1) is 23.7. The lowest BCUT2D eigenvalue weighted by Gasteiger charge is -2.44. The Morgan fingerprint density at radius 2 is 1.73 bits per heavy atom. The Labute approximate surface area is 217 Å². The standard InChI is InChI=1S/C32H30O5/c1-19-14-15-24-25(16-19)32(22-10-6-5-7-11-22)31(30(34)36-4)18-21(17-26(31)29(24)37-32)28(33)20(2)23-12-8-9-13-27(23)35-3/h5-16,21,26,29H,2,17-18H2,1,3-4H3/t21?,26-,29+,31-,32?/m0/s1. The molecular weight excluding hydrogens is 464 g/mol. The van der Waals surface area contributed by atoms with Crippen molar-refractivity contribution in [2.24, 2.45) is 17.3 Å². The zero-order valence-electron chi connectivity index (χ0n) is 21.3. The van der Waals surface area contributed by atoms with Crippen LogP contribution in [0, 0.1) is 24.2 Å². The van der Waals surface area contributed by atoms with Crippen LogP contribution in [0.3, 0.4) is 0 Å². The van der Waals surface area contributed by atoms with Gasteiger partial charge in [-0.3, -0.25) is 9.59 Å². The van der Waals surface area contributed by atoms with Gasteiger partial charge in [0, 0.05) is 23.0 Å². The van der Waals surface area contributed by atoms with Crippen molar-refractivity contribution in [3.63, 3.8) is 0 Å². The van der Waals surface area contributed by atoms with Crippen molar-refractivity contribution in [2.45, 2.75) is 31.5 Å². The average molecular weight is 495 g/mol. The number of esters is 1. The van der Waals surface area contributed by atoms with Crippen molar-refractivity contribution in [1.29, 1.82) is 0 Å². The molecule has 1 saturated carbocycles. The number of fused-ring (bicyclic) bond motifs is 8. The van der Waals surface area contributed by atoms with Crippen LogP contribution in [0.15, 0.2) is 79.4 Å². The molecule has 5 atom stereocenters. The SMILES string of the molecule is C=C(C(=O)C1C[C@H]2[C@@H]3OC(c4ccccc4)(c4cc(C)ccc43)[C@@]2(C(=O)OC)C1)c1ccccc1OC. The highest BCUT2D eigenvalue weighted by Crippen LogP contribution is 2.75. The Morgan fingerprint density at radius 1 is 1.00 bits per heavy atom. The second kappa shape index (κ2) is 8.42. The molecule has 0 amide bonds.